The molecule has 2 aliphatic rings. The molecule has 4 rings (SSSR count). The van der Waals surface area contributed by atoms with E-state index in [-0.39, 0.29) is 28.1 Å². The van der Waals surface area contributed by atoms with E-state index in [4.69, 9.17) is 5.73 Å². The van der Waals surface area contributed by atoms with Crippen LogP contribution < -0.4 is 10.6 Å². The van der Waals surface area contributed by atoms with Crippen molar-refractivity contribution >= 4 is 28.5 Å². The molecule has 0 bridgehead atoms. The molecule has 0 radical (unpaired) electrons. The van der Waals surface area contributed by atoms with E-state index in [1.165, 1.54) is 17.0 Å². The molecule has 7 nitrogen and oxygen atoms in total. The summed E-state index contributed by atoms with van der Waals surface area (Å²) in [7, 11) is 0. The number of thiophene rings is 1. The summed E-state index contributed by atoms with van der Waals surface area (Å²) in [6.45, 7) is 10.5. The number of nitrogens with two attached hydrogens (primary N) is 1. The Morgan fingerprint density at radius 1 is 1.18 bits per heavy atom. The summed E-state index contributed by atoms with van der Waals surface area (Å²) in [4.78, 5) is 28.1. The Hall–Kier alpha value is -3.44. The summed E-state index contributed by atoms with van der Waals surface area (Å²) in [6, 6.07) is 12.4. The van der Waals surface area contributed by atoms with Crippen molar-refractivity contribution in [3.8, 4) is 6.07 Å². The largest absolute Gasteiger partial charge is 0.384 e. The molecule has 2 N–H and O–H groups in total. The normalized spacial score (nSPS) is 20.3. The highest BCUT2D eigenvalue weighted by Crippen LogP contribution is 2.51. The Kier molecular flexibility index (Phi) is 5.65. The van der Waals surface area contributed by atoms with E-state index in [1.807, 2.05) is 19.9 Å². The zero-order valence-corrected chi connectivity index (χ0v) is 20.8. The van der Waals surface area contributed by atoms with E-state index in [0.717, 1.165) is 10.6 Å². The van der Waals surface area contributed by atoms with Crippen LogP contribution in [0.2, 0.25) is 0 Å². The lowest BCUT2D eigenvalue weighted by Crippen LogP contribution is -2.42. The maximum atomic E-state index is 13.6. The van der Waals surface area contributed by atoms with Crippen LogP contribution in [0.25, 0.3) is 0 Å². The first kappa shape index (κ1) is 23.7. The van der Waals surface area contributed by atoms with E-state index in [2.05, 4.69) is 32.9 Å². The molecule has 1 atom stereocenters. The first-order valence-corrected chi connectivity index (χ1v) is 12.0. The van der Waals surface area contributed by atoms with Crippen LogP contribution in [0.4, 0.5) is 11.4 Å². The van der Waals surface area contributed by atoms with Gasteiger partial charge in [0.25, 0.3) is 5.69 Å². The number of hydrogen-bond donors (Lipinski definition) is 1. The molecule has 0 saturated heterocycles. The number of rotatable bonds is 3. The minimum atomic E-state index is -0.515. The highest BCUT2D eigenvalue weighted by molar-refractivity contribution is 7.12. The van der Waals surface area contributed by atoms with Crippen molar-refractivity contribution in [2.24, 2.45) is 11.1 Å². The molecule has 0 saturated carbocycles. The van der Waals surface area contributed by atoms with Crippen LogP contribution in [0, 0.1) is 26.9 Å². The molecule has 1 aromatic heterocycles. The van der Waals surface area contributed by atoms with Gasteiger partial charge in [-0.25, -0.2) is 0 Å². The van der Waals surface area contributed by atoms with Gasteiger partial charge < -0.3 is 5.73 Å². The Labute approximate surface area is 203 Å². The monoisotopic (exact) mass is 476 g/mol. The Morgan fingerprint density at radius 2 is 1.82 bits per heavy atom. The second-order valence-corrected chi connectivity index (χ2v) is 11.8. The average Bonchev–Trinajstić information content (AvgIpc) is 3.23. The van der Waals surface area contributed by atoms with Gasteiger partial charge in [0.2, 0.25) is 0 Å². The van der Waals surface area contributed by atoms with Crippen molar-refractivity contribution < 1.29 is 9.72 Å². The smallest absolute Gasteiger partial charge is 0.269 e. The van der Waals surface area contributed by atoms with Gasteiger partial charge >= 0.3 is 0 Å². The van der Waals surface area contributed by atoms with Crippen LogP contribution in [0.15, 0.2) is 59.1 Å². The number of anilines is 1. The molecule has 2 aromatic rings. The van der Waals surface area contributed by atoms with E-state index >= 15 is 0 Å². The molecule has 1 aliphatic heterocycles. The Morgan fingerprint density at radius 3 is 2.35 bits per heavy atom. The summed E-state index contributed by atoms with van der Waals surface area (Å²) in [5.74, 6) is -0.246. The van der Waals surface area contributed by atoms with Gasteiger partial charge in [0.1, 0.15) is 5.82 Å². The summed E-state index contributed by atoms with van der Waals surface area (Å²) in [5.41, 5.74) is 8.54. The fourth-order valence-corrected chi connectivity index (χ4v) is 5.91. The standard InChI is InChI=1S/C26H28N4O3S/c1-25(2,3)21-11-10-20(34-21)22-17(14-27)24(28)29(15-6-8-16(9-7-15)30(32)33)18-12-26(4,5)13-19(31)23(18)22/h6-11,22H,12-13,28H2,1-5H3/t22-/m0/s1. The fraction of sp³-hybridized carbons (Fsp3) is 0.385. The lowest BCUT2D eigenvalue weighted by Gasteiger charge is -2.43. The number of carbonyl (C=O) groups excluding carboxylic acids is 1. The van der Waals surface area contributed by atoms with E-state index in [1.54, 1.807) is 28.4 Å². The predicted octanol–water partition coefficient (Wildman–Crippen LogP) is 5.89. The van der Waals surface area contributed by atoms with Gasteiger partial charge in [0.15, 0.2) is 5.78 Å². The molecule has 8 heteroatoms. The van der Waals surface area contributed by atoms with Crippen molar-refractivity contribution in [2.75, 3.05) is 4.90 Å². The van der Waals surface area contributed by atoms with Crippen molar-refractivity contribution in [3.05, 3.63) is 78.9 Å². The van der Waals surface area contributed by atoms with Gasteiger partial charge in [-0.1, -0.05) is 34.6 Å². The van der Waals surface area contributed by atoms with Gasteiger partial charge in [0, 0.05) is 45.3 Å². The molecule has 2 heterocycles. The molecule has 0 amide bonds. The number of Topliss-reactive ketones (excluding diaryl/α,β-unsaturated/α-hetero) is 1. The number of ketones is 1. The van der Waals surface area contributed by atoms with Gasteiger partial charge in [0.05, 0.1) is 22.5 Å². The molecular formula is C26H28N4O3S. The minimum Gasteiger partial charge on any atom is -0.384 e. The fourth-order valence-electron chi connectivity index (χ4n) is 4.72. The van der Waals surface area contributed by atoms with E-state index < -0.39 is 10.8 Å². The lowest BCUT2D eigenvalue weighted by atomic mass is 9.69. The third-order valence-electron chi connectivity index (χ3n) is 6.35. The molecule has 0 unspecified atom stereocenters. The van der Waals surface area contributed by atoms with E-state index in [0.29, 0.717) is 29.7 Å². The number of carbonyl (C=O) groups is 1. The number of benzene rings is 1. The van der Waals surface area contributed by atoms with Crippen LogP contribution >= 0.6 is 11.3 Å². The molecule has 1 aromatic carbocycles. The second-order valence-electron chi connectivity index (χ2n) is 10.7. The third-order valence-corrected chi connectivity index (χ3v) is 7.93. The van der Waals surface area contributed by atoms with Crippen LogP contribution in [0.5, 0.6) is 0 Å². The van der Waals surface area contributed by atoms with Gasteiger partial charge in [-0.05, 0) is 41.5 Å². The van der Waals surface area contributed by atoms with Crippen LogP contribution in [0.3, 0.4) is 0 Å². The predicted molar refractivity (Wildman–Crippen MR) is 133 cm³/mol. The molecule has 176 valence electrons. The van der Waals surface area contributed by atoms with Gasteiger partial charge in [-0.15, -0.1) is 11.3 Å². The molecule has 1 aliphatic carbocycles. The SMILES string of the molecule is CC1(C)CC(=O)C2=C(C1)N(c1ccc([N+](=O)[O-])cc1)C(N)=C(C#N)[C@H]2c1ccc(C(C)(C)C)s1. The number of nitro groups is 1. The topological polar surface area (TPSA) is 113 Å². The van der Waals surface area contributed by atoms with E-state index in [9.17, 15) is 20.2 Å². The number of nitriles is 1. The summed E-state index contributed by atoms with van der Waals surface area (Å²) >= 11 is 1.61. The number of nitrogens with zero attached hydrogens (tertiary/aromatic N) is 3. The number of non-ortho nitro benzene ring substituents is 1. The maximum Gasteiger partial charge on any atom is 0.269 e. The Bertz CT molecular complexity index is 1290. The van der Waals surface area contributed by atoms with Crippen LogP contribution in [-0.4, -0.2) is 10.7 Å². The maximum absolute atomic E-state index is 13.6. The Balaban J connectivity index is 1.94. The first-order valence-electron chi connectivity index (χ1n) is 11.1. The van der Waals surface area contributed by atoms with Crippen molar-refractivity contribution in [1.29, 1.82) is 5.26 Å². The highest BCUT2D eigenvalue weighted by Gasteiger charge is 2.45. The second kappa shape index (κ2) is 8.10. The molecular weight excluding hydrogens is 448 g/mol. The molecule has 0 spiro atoms. The van der Waals surface area contributed by atoms with Crippen LogP contribution in [0.1, 0.15) is 63.1 Å². The summed E-state index contributed by atoms with van der Waals surface area (Å²) in [5, 5.41) is 21.3. The zero-order chi connectivity index (χ0) is 25.0. The van der Waals surface area contributed by atoms with Crippen molar-refractivity contribution in [3.63, 3.8) is 0 Å². The van der Waals surface area contributed by atoms with Gasteiger partial charge in [-0.3, -0.25) is 19.8 Å². The summed E-state index contributed by atoms with van der Waals surface area (Å²) in [6.07, 6.45) is 0.977. The average molecular weight is 477 g/mol. The minimum absolute atomic E-state index is 0.00844. The van der Waals surface area contributed by atoms with Crippen molar-refractivity contribution in [1.82, 2.24) is 0 Å². The van der Waals surface area contributed by atoms with Crippen molar-refractivity contribution in [2.45, 2.75) is 58.8 Å². The number of hydrogen-bond acceptors (Lipinski definition) is 7. The summed E-state index contributed by atoms with van der Waals surface area (Å²) < 4.78 is 0. The van der Waals surface area contributed by atoms with Crippen LogP contribution in [-0.2, 0) is 10.2 Å². The molecule has 34 heavy (non-hydrogen) atoms. The zero-order valence-electron chi connectivity index (χ0n) is 20.0. The molecule has 0 fully saturated rings. The highest BCUT2D eigenvalue weighted by atomic mass is 32.1. The number of allylic oxidation sites excluding steroid dienone is 3. The quantitative estimate of drug-likeness (QED) is 0.436. The first-order chi connectivity index (χ1) is 15.8. The lowest BCUT2D eigenvalue weighted by molar-refractivity contribution is -0.384. The third kappa shape index (κ3) is 4.01. The number of nitro benzene ring substituents is 1. The van der Waals surface area contributed by atoms with Gasteiger partial charge in [-0.2, -0.15) is 5.26 Å².